The highest BCUT2D eigenvalue weighted by Gasteiger charge is 2.42. The first-order valence-electron chi connectivity index (χ1n) is 13.7. The van der Waals surface area contributed by atoms with Crippen molar-refractivity contribution in [3.63, 3.8) is 0 Å². The zero-order chi connectivity index (χ0) is 30.1. The number of nitrogens with one attached hydrogen (secondary N) is 2. The van der Waals surface area contributed by atoms with E-state index >= 15 is 0 Å². The van der Waals surface area contributed by atoms with E-state index in [-0.39, 0.29) is 48.4 Å². The average Bonchev–Trinajstić information content (AvgIpc) is 3.65. The predicted molar refractivity (Wildman–Crippen MR) is 153 cm³/mol. The van der Waals surface area contributed by atoms with E-state index in [1.54, 1.807) is 36.4 Å². The van der Waals surface area contributed by atoms with Gasteiger partial charge in [-0.3, -0.25) is 9.59 Å². The van der Waals surface area contributed by atoms with Crippen LogP contribution in [0.3, 0.4) is 0 Å². The van der Waals surface area contributed by atoms with Crippen molar-refractivity contribution >= 4 is 21.8 Å². The molecule has 4 aliphatic rings. The zero-order valence-corrected chi connectivity index (χ0v) is 24.4. The number of carbonyl (C=O) groups is 2. The Bertz CT molecular complexity index is 1680. The average molecular weight is 610 g/mol. The Morgan fingerprint density at radius 3 is 2.58 bits per heavy atom. The number of sulfonamides is 1. The highest BCUT2D eigenvalue weighted by molar-refractivity contribution is 7.89. The standard InChI is InChI=1S/C30H31N3O9S/c1-38-22-9-20-10-23(12-22)41-17-29(34)31-14-19-3-4-21(13-27(19)39-2)42-28-16-33(15-25(28)32-30(20)35)43(36,37)24-5-6-26-18(11-24)7-8-40-26/h3-6,9-13,25,28H,7-8,14-17H2,1-2H3,(H,31,34)(H,32,35)/t25-,28-/m0/s1. The van der Waals surface area contributed by atoms with Gasteiger partial charge in [0.25, 0.3) is 11.8 Å². The lowest BCUT2D eigenvalue weighted by Crippen LogP contribution is -2.45. The van der Waals surface area contributed by atoms with Crippen molar-refractivity contribution in [3.8, 4) is 28.7 Å². The number of rotatable bonds is 4. The molecule has 4 heterocycles. The van der Waals surface area contributed by atoms with Crippen LogP contribution in [-0.4, -0.2) is 77.2 Å². The lowest BCUT2D eigenvalue weighted by Gasteiger charge is -2.22. The fourth-order valence-electron chi connectivity index (χ4n) is 5.33. The fraction of sp³-hybridized carbons (Fsp3) is 0.333. The summed E-state index contributed by atoms with van der Waals surface area (Å²) in [4.78, 5) is 26.2. The largest absolute Gasteiger partial charge is 0.497 e. The van der Waals surface area contributed by atoms with E-state index in [9.17, 15) is 18.0 Å². The molecule has 7 rings (SSSR count). The van der Waals surface area contributed by atoms with E-state index in [0.717, 1.165) is 5.56 Å². The van der Waals surface area contributed by atoms with Crippen LogP contribution in [0.4, 0.5) is 0 Å². The van der Waals surface area contributed by atoms with E-state index in [1.165, 1.54) is 36.7 Å². The maximum Gasteiger partial charge on any atom is 0.258 e. The Hall–Kier alpha value is -4.49. The summed E-state index contributed by atoms with van der Waals surface area (Å²) in [5.41, 5.74) is 1.76. The third-order valence-corrected chi connectivity index (χ3v) is 9.45. The molecule has 3 aromatic rings. The number of benzene rings is 3. The van der Waals surface area contributed by atoms with Gasteiger partial charge < -0.3 is 34.3 Å². The molecule has 0 saturated carbocycles. The lowest BCUT2D eigenvalue weighted by atomic mass is 10.1. The molecule has 0 radical (unpaired) electrons. The minimum absolute atomic E-state index is 0.00649. The molecule has 0 aliphatic carbocycles. The van der Waals surface area contributed by atoms with Crippen molar-refractivity contribution in [2.45, 2.75) is 30.0 Å². The highest BCUT2D eigenvalue weighted by atomic mass is 32.2. The molecule has 2 atom stereocenters. The minimum Gasteiger partial charge on any atom is -0.497 e. The van der Waals surface area contributed by atoms with Crippen LogP contribution in [-0.2, 0) is 27.8 Å². The number of hydrogen-bond donors (Lipinski definition) is 2. The van der Waals surface area contributed by atoms with Gasteiger partial charge in [-0.25, -0.2) is 8.42 Å². The molecule has 12 nitrogen and oxygen atoms in total. The van der Waals surface area contributed by atoms with Gasteiger partial charge in [-0.05, 0) is 48.0 Å². The Morgan fingerprint density at radius 1 is 0.907 bits per heavy atom. The van der Waals surface area contributed by atoms with Crippen LogP contribution in [0.1, 0.15) is 21.5 Å². The second-order valence-electron chi connectivity index (χ2n) is 10.4. The molecule has 4 aliphatic heterocycles. The van der Waals surface area contributed by atoms with Crippen molar-refractivity contribution < 1.29 is 41.7 Å². The van der Waals surface area contributed by atoms with Gasteiger partial charge in [-0.1, -0.05) is 0 Å². The Kier molecular flexibility index (Phi) is 7.75. The third kappa shape index (κ3) is 5.90. The van der Waals surface area contributed by atoms with Crippen LogP contribution in [0, 0.1) is 0 Å². The van der Waals surface area contributed by atoms with E-state index in [2.05, 4.69) is 10.6 Å². The summed E-state index contributed by atoms with van der Waals surface area (Å²) in [6, 6.07) is 13.9. The van der Waals surface area contributed by atoms with Crippen LogP contribution in [0.5, 0.6) is 28.7 Å². The molecule has 0 spiro atoms. The van der Waals surface area contributed by atoms with Crippen molar-refractivity contribution in [1.29, 1.82) is 0 Å². The molecule has 1 fully saturated rings. The Morgan fingerprint density at radius 2 is 1.77 bits per heavy atom. The van der Waals surface area contributed by atoms with Crippen molar-refractivity contribution in [3.05, 3.63) is 71.3 Å². The number of hydrogen-bond acceptors (Lipinski definition) is 9. The number of methoxy groups -OCH3 is 2. The fourth-order valence-corrected chi connectivity index (χ4v) is 6.86. The van der Waals surface area contributed by atoms with Gasteiger partial charge in [0.15, 0.2) is 6.61 Å². The molecule has 4 bridgehead atoms. The third-order valence-electron chi connectivity index (χ3n) is 7.62. The monoisotopic (exact) mass is 609 g/mol. The first-order chi connectivity index (χ1) is 20.7. The summed E-state index contributed by atoms with van der Waals surface area (Å²) >= 11 is 0. The molecule has 2 amide bonds. The second kappa shape index (κ2) is 11.7. The van der Waals surface area contributed by atoms with E-state index < -0.39 is 28.1 Å². The van der Waals surface area contributed by atoms with Gasteiger partial charge in [-0.15, -0.1) is 0 Å². The quantitative estimate of drug-likeness (QED) is 0.454. The maximum absolute atomic E-state index is 13.8. The molecular weight excluding hydrogens is 578 g/mol. The minimum atomic E-state index is -3.92. The van der Waals surface area contributed by atoms with Crippen molar-refractivity contribution in [2.75, 3.05) is 40.5 Å². The first-order valence-corrected chi connectivity index (χ1v) is 15.2. The number of fused-ring (bicyclic) bond motifs is 8. The predicted octanol–water partition coefficient (Wildman–Crippen LogP) is 1.90. The second-order valence-corrected chi connectivity index (χ2v) is 12.3. The molecule has 43 heavy (non-hydrogen) atoms. The van der Waals surface area contributed by atoms with Crippen molar-refractivity contribution in [1.82, 2.24) is 14.9 Å². The summed E-state index contributed by atoms with van der Waals surface area (Å²) in [6.07, 6.45) is -0.0969. The summed E-state index contributed by atoms with van der Waals surface area (Å²) in [5.74, 6) is 1.33. The van der Waals surface area contributed by atoms with Crippen LogP contribution in [0.2, 0.25) is 0 Å². The molecule has 226 valence electrons. The smallest absolute Gasteiger partial charge is 0.258 e. The van der Waals surface area contributed by atoms with E-state index in [1.807, 2.05) is 0 Å². The maximum atomic E-state index is 13.8. The van der Waals surface area contributed by atoms with Gasteiger partial charge in [0.1, 0.15) is 34.9 Å². The van der Waals surface area contributed by atoms with Gasteiger partial charge in [-0.2, -0.15) is 4.31 Å². The summed E-state index contributed by atoms with van der Waals surface area (Å²) in [7, 11) is -0.965. The molecular formula is C30H31N3O9S. The highest BCUT2D eigenvalue weighted by Crippen LogP contribution is 2.32. The Labute approximate surface area is 248 Å². The summed E-state index contributed by atoms with van der Waals surface area (Å²) in [6.45, 7) is 0.377. The number of ether oxygens (including phenoxy) is 5. The Balaban J connectivity index is 1.35. The van der Waals surface area contributed by atoms with Crippen LogP contribution in [0.15, 0.2) is 59.5 Å². The van der Waals surface area contributed by atoms with Gasteiger partial charge in [0.05, 0.1) is 38.3 Å². The SMILES string of the molecule is COc1cc2cc(c1)C(=O)N[C@H]1CN(S(=O)(=O)c3ccc4c(c3)CCO4)C[C@@H]1Oc1ccc(c(OC)c1)CNC(=O)CO2. The van der Waals surface area contributed by atoms with Gasteiger partial charge in [0.2, 0.25) is 10.0 Å². The number of nitrogens with zero attached hydrogens (tertiary/aromatic N) is 1. The van der Waals surface area contributed by atoms with E-state index in [4.69, 9.17) is 23.7 Å². The first kappa shape index (κ1) is 28.6. The van der Waals surface area contributed by atoms with Gasteiger partial charge in [0, 0.05) is 42.8 Å². The van der Waals surface area contributed by atoms with Crippen LogP contribution < -0.4 is 34.3 Å². The topological polar surface area (TPSA) is 142 Å². The molecule has 3 aromatic carbocycles. The van der Waals surface area contributed by atoms with Crippen molar-refractivity contribution in [2.24, 2.45) is 0 Å². The summed E-state index contributed by atoms with van der Waals surface area (Å²) in [5, 5.41) is 5.73. The molecule has 13 heteroatoms. The molecule has 1 saturated heterocycles. The van der Waals surface area contributed by atoms with E-state index in [0.29, 0.717) is 41.6 Å². The van der Waals surface area contributed by atoms with Crippen LogP contribution in [0.25, 0.3) is 0 Å². The molecule has 0 unspecified atom stereocenters. The van der Waals surface area contributed by atoms with Crippen LogP contribution >= 0.6 is 0 Å². The van der Waals surface area contributed by atoms with Gasteiger partial charge >= 0.3 is 0 Å². The lowest BCUT2D eigenvalue weighted by molar-refractivity contribution is -0.123. The zero-order valence-electron chi connectivity index (χ0n) is 23.6. The number of carbonyl (C=O) groups excluding carboxylic acids is 2. The molecule has 2 N–H and O–H groups in total. The summed E-state index contributed by atoms with van der Waals surface area (Å²) < 4.78 is 57.3. The number of amides is 2. The normalized spacial score (nSPS) is 20.4. The molecule has 0 aromatic heterocycles.